The standard InChI is InChI=1S/C50H48N4/c1-5-15-43-35-47(23-19-39(43)11-1)51-27-9-28-53(49-25-21-41-13-3-7-17-45(41)37-49)33-34-54(50-26-22-42-14-4-8-18-46(42)38-50)30-10-29-52(32-31-51)48-24-20-40-12-2-6-16-44(40)36-48/h1-8,11-26,35-38H,9-10,27-34H2. The second-order valence-corrected chi connectivity index (χ2v) is 14.8. The van der Waals surface area contributed by atoms with Crippen molar-refractivity contribution in [3.05, 3.63) is 170 Å². The van der Waals surface area contributed by atoms with Gasteiger partial charge in [-0.25, -0.2) is 0 Å². The second kappa shape index (κ2) is 15.5. The molecule has 4 nitrogen and oxygen atoms in total. The van der Waals surface area contributed by atoms with Crippen LogP contribution in [0.5, 0.6) is 0 Å². The summed E-state index contributed by atoms with van der Waals surface area (Å²) in [5, 5.41) is 10.4. The lowest BCUT2D eigenvalue weighted by Gasteiger charge is -2.35. The summed E-state index contributed by atoms with van der Waals surface area (Å²) in [4.78, 5) is 10.5. The molecule has 8 aromatic rings. The van der Waals surface area contributed by atoms with Gasteiger partial charge in [-0.1, -0.05) is 121 Å². The molecule has 1 aliphatic rings. The van der Waals surface area contributed by atoms with E-state index in [4.69, 9.17) is 0 Å². The van der Waals surface area contributed by atoms with Gasteiger partial charge in [0.25, 0.3) is 0 Å². The summed E-state index contributed by atoms with van der Waals surface area (Å²) in [5.41, 5.74) is 5.22. The van der Waals surface area contributed by atoms with Crippen LogP contribution in [0.15, 0.2) is 170 Å². The smallest absolute Gasteiger partial charge is 0.0373 e. The fourth-order valence-electron chi connectivity index (χ4n) is 8.36. The number of hydrogen-bond donors (Lipinski definition) is 0. The first kappa shape index (κ1) is 33.8. The van der Waals surface area contributed by atoms with Gasteiger partial charge in [0.15, 0.2) is 0 Å². The Morgan fingerprint density at radius 2 is 0.444 bits per heavy atom. The van der Waals surface area contributed by atoms with Crippen molar-refractivity contribution in [2.75, 3.05) is 72.0 Å². The van der Waals surface area contributed by atoms with Crippen LogP contribution in [-0.2, 0) is 0 Å². The Morgan fingerprint density at radius 3 is 0.685 bits per heavy atom. The molecule has 1 saturated heterocycles. The van der Waals surface area contributed by atoms with Gasteiger partial charge < -0.3 is 19.6 Å². The number of fused-ring (bicyclic) bond motifs is 4. The van der Waals surface area contributed by atoms with Crippen LogP contribution in [0.1, 0.15) is 12.8 Å². The summed E-state index contributed by atoms with van der Waals surface area (Å²) >= 11 is 0. The molecule has 54 heavy (non-hydrogen) atoms. The predicted molar refractivity (Wildman–Crippen MR) is 234 cm³/mol. The van der Waals surface area contributed by atoms with Gasteiger partial charge in [-0.2, -0.15) is 0 Å². The van der Waals surface area contributed by atoms with E-state index in [1.807, 2.05) is 0 Å². The van der Waals surface area contributed by atoms with Gasteiger partial charge in [0.1, 0.15) is 0 Å². The zero-order chi connectivity index (χ0) is 36.1. The summed E-state index contributed by atoms with van der Waals surface area (Å²) in [6.07, 6.45) is 2.12. The Bertz CT molecular complexity index is 2170. The van der Waals surface area contributed by atoms with Crippen molar-refractivity contribution in [1.82, 2.24) is 0 Å². The fourth-order valence-corrected chi connectivity index (χ4v) is 8.36. The lowest BCUT2D eigenvalue weighted by molar-refractivity contribution is 0.633. The van der Waals surface area contributed by atoms with Crippen molar-refractivity contribution in [2.45, 2.75) is 12.8 Å². The molecule has 0 amide bonds. The molecule has 0 aromatic heterocycles. The summed E-state index contributed by atoms with van der Waals surface area (Å²) in [6, 6.07) is 63.0. The molecular weight excluding hydrogens is 657 g/mol. The molecule has 4 heteroatoms. The number of anilines is 4. The van der Waals surface area contributed by atoms with Gasteiger partial charge in [0.2, 0.25) is 0 Å². The van der Waals surface area contributed by atoms with Crippen LogP contribution >= 0.6 is 0 Å². The number of rotatable bonds is 4. The van der Waals surface area contributed by atoms with E-state index >= 15 is 0 Å². The fraction of sp³-hybridized carbons (Fsp3) is 0.200. The van der Waals surface area contributed by atoms with Crippen molar-refractivity contribution >= 4 is 65.8 Å². The largest absolute Gasteiger partial charge is 0.370 e. The minimum absolute atomic E-state index is 0.954. The van der Waals surface area contributed by atoms with E-state index < -0.39 is 0 Å². The maximum atomic E-state index is 2.63. The van der Waals surface area contributed by atoms with Crippen LogP contribution in [-0.4, -0.2) is 52.4 Å². The highest BCUT2D eigenvalue weighted by Gasteiger charge is 2.18. The highest BCUT2D eigenvalue weighted by Crippen LogP contribution is 2.28. The molecule has 0 unspecified atom stereocenters. The maximum absolute atomic E-state index is 2.63. The average Bonchev–Trinajstić information content (AvgIpc) is 3.23. The lowest BCUT2D eigenvalue weighted by Crippen LogP contribution is -2.41. The SMILES string of the molecule is c1ccc2cc(N3CCCN(c4ccc5ccccc5c4)CCN(c4ccc5ccccc5c4)CCCN(c4ccc5ccccc5c4)CC3)ccc2c1. The van der Waals surface area contributed by atoms with Gasteiger partial charge in [-0.15, -0.1) is 0 Å². The van der Waals surface area contributed by atoms with E-state index in [1.54, 1.807) is 0 Å². The Labute approximate surface area is 319 Å². The highest BCUT2D eigenvalue weighted by atomic mass is 15.2. The minimum Gasteiger partial charge on any atom is -0.370 e. The van der Waals surface area contributed by atoms with E-state index in [1.165, 1.54) is 65.8 Å². The number of benzene rings is 8. The molecule has 0 bridgehead atoms. The van der Waals surface area contributed by atoms with E-state index in [0.717, 1.165) is 65.2 Å². The third-order valence-electron chi connectivity index (χ3n) is 11.4. The molecule has 9 rings (SSSR count). The molecule has 0 aliphatic carbocycles. The summed E-state index contributed by atoms with van der Waals surface area (Å²) in [7, 11) is 0. The van der Waals surface area contributed by atoms with Crippen LogP contribution in [0.25, 0.3) is 43.1 Å². The van der Waals surface area contributed by atoms with E-state index in [-0.39, 0.29) is 0 Å². The van der Waals surface area contributed by atoms with Gasteiger partial charge in [-0.05, 0) is 104 Å². The lowest BCUT2D eigenvalue weighted by atomic mass is 10.1. The molecule has 0 spiro atoms. The third-order valence-corrected chi connectivity index (χ3v) is 11.4. The molecule has 8 aromatic carbocycles. The van der Waals surface area contributed by atoms with E-state index in [0.29, 0.717) is 0 Å². The van der Waals surface area contributed by atoms with Crippen LogP contribution in [0.3, 0.4) is 0 Å². The Morgan fingerprint density at radius 1 is 0.222 bits per heavy atom. The molecule has 268 valence electrons. The number of nitrogens with zero attached hydrogens (tertiary/aromatic N) is 4. The van der Waals surface area contributed by atoms with Crippen molar-refractivity contribution in [1.29, 1.82) is 0 Å². The average molecular weight is 705 g/mol. The third kappa shape index (κ3) is 7.43. The van der Waals surface area contributed by atoms with Crippen molar-refractivity contribution < 1.29 is 0 Å². The summed E-state index contributed by atoms with van der Waals surface area (Å²) in [5.74, 6) is 0. The molecule has 0 N–H and O–H groups in total. The van der Waals surface area contributed by atoms with Crippen LogP contribution < -0.4 is 19.6 Å². The molecule has 1 heterocycles. The van der Waals surface area contributed by atoms with Crippen molar-refractivity contribution in [3.63, 3.8) is 0 Å². The van der Waals surface area contributed by atoms with E-state index in [9.17, 15) is 0 Å². The van der Waals surface area contributed by atoms with Crippen molar-refractivity contribution in [2.24, 2.45) is 0 Å². The quantitative estimate of drug-likeness (QED) is 0.181. The van der Waals surface area contributed by atoms with E-state index in [2.05, 4.69) is 189 Å². The van der Waals surface area contributed by atoms with Gasteiger partial charge in [-0.3, -0.25) is 0 Å². The Balaban J connectivity index is 1.06. The van der Waals surface area contributed by atoms with Crippen LogP contribution in [0, 0.1) is 0 Å². The molecule has 1 fully saturated rings. The molecule has 0 saturated carbocycles. The predicted octanol–water partition coefficient (Wildman–Crippen LogP) is 11.4. The van der Waals surface area contributed by atoms with Crippen LogP contribution in [0.2, 0.25) is 0 Å². The zero-order valence-electron chi connectivity index (χ0n) is 31.0. The zero-order valence-corrected chi connectivity index (χ0v) is 31.0. The monoisotopic (exact) mass is 704 g/mol. The second-order valence-electron chi connectivity index (χ2n) is 14.8. The number of hydrogen-bond acceptors (Lipinski definition) is 4. The first-order valence-electron chi connectivity index (χ1n) is 19.7. The summed E-state index contributed by atoms with van der Waals surface area (Å²) in [6.45, 7) is 7.77. The first-order chi connectivity index (χ1) is 26.7. The summed E-state index contributed by atoms with van der Waals surface area (Å²) < 4.78 is 0. The first-order valence-corrected chi connectivity index (χ1v) is 19.7. The Hall–Kier alpha value is -6.00. The molecule has 1 aliphatic heterocycles. The minimum atomic E-state index is 0.954. The Kier molecular flexibility index (Phi) is 9.73. The molecule has 0 radical (unpaired) electrons. The normalized spacial score (nSPS) is 15.3. The van der Waals surface area contributed by atoms with Gasteiger partial charge in [0, 0.05) is 75.1 Å². The molecule has 0 atom stereocenters. The maximum Gasteiger partial charge on any atom is 0.0373 e. The van der Waals surface area contributed by atoms with Crippen LogP contribution in [0.4, 0.5) is 22.7 Å². The van der Waals surface area contributed by atoms with Crippen molar-refractivity contribution in [3.8, 4) is 0 Å². The van der Waals surface area contributed by atoms with Gasteiger partial charge in [0.05, 0.1) is 0 Å². The highest BCUT2D eigenvalue weighted by molar-refractivity contribution is 5.88. The topological polar surface area (TPSA) is 13.0 Å². The molecular formula is C50H48N4. The van der Waals surface area contributed by atoms with Gasteiger partial charge >= 0.3 is 0 Å².